The summed E-state index contributed by atoms with van der Waals surface area (Å²) in [7, 11) is 0. The second kappa shape index (κ2) is 9.11. The number of nitrogens with zero attached hydrogens (tertiary/aromatic N) is 2. The molecule has 3 rings (SSSR count). The Bertz CT molecular complexity index is 622. The van der Waals surface area contributed by atoms with Gasteiger partial charge in [-0.3, -0.25) is 9.97 Å². The van der Waals surface area contributed by atoms with E-state index in [1.165, 1.54) is 18.8 Å². The molecule has 1 saturated carbocycles. The lowest BCUT2D eigenvalue weighted by atomic mass is 9.93. The molecule has 1 spiro atoms. The highest BCUT2D eigenvalue weighted by Crippen LogP contribution is 2.41. The number of hydrogen-bond acceptors (Lipinski definition) is 8. The first-order chi connectivity index (χ1) is 13.4. The lowest BCUT2D eigenvalue weighted by Gasteiger charge is -2.33. The van der Waals surface area contributed by atoms with Gasteiger partial charge in [0.05, 0.1) is 42.6 Å². The largest absolute Gasteiger partial charge is 0.396 e. The molecule has 0 amide bonds. The Morgan fingerprint density at radius 1 is 1.04 bits per heavy atom. The van der Waals surface area contributed by atoms with Crippen LogP contribution in [0.3, 0.4) is 0 Å². The van der Waals surface area contributed by atoms with Crippen LogP contribution >= 0.6 is 0 Å². The van der Waals surface area contributed by atoms with Crippen LogP contribution in [-0.2, 0) is 9.47 Å². The normalized spacial score (nSPS) is 27.3. The molecule has 1 saturated heterocycles. The third-order valence-electron chi connectivity index (χ3n) is 6.07. The summed E-state index contributed by atoms with van der Waals surface area (Å²) in [4.78, 5) is 8.36. The molecule has 2 fully saturated rings. The first-order valence-electron chi connectivity index (χ1n) is 10.2. The van der Waals surface area contributed by atoms with Gasteiger partial charge >= 0.3 is 0 Å². The van der Waals surface area contributed by atoms with Crippen LogP contribution in [0.4, 0.5) is 0 Å². The van der Waals surface area contributed by atoms with Gasteiger partial charge in [-0.1, -0.05) is 20.3 Å². The van der Waals surface area contributed by atoms with Crippen molar-refractivity contribution in [3.05, 3.63) is 23.8 Å². The van der Waals surface area contributed by atoms with E-state index in [9.17, 15) is 15.3 Å². The third-order valence-corrected chi connectivity index (χ3v) is 6.07. The summed E-state index contributed by atoms with van der Waals surface area (Å²) in [6, 6.07) is 0. The minimum absolute atomic E-state index is 0.193. The first kappa shape index (κ1) is 21.5. The summed E-state index contributed by atoms with van der Waals surface area (Å²) < 4.78 is 12.2. The van der Waals surface area contributed by atoms with Crippen LogP contribution in [0.5, 0.6) is 0 Å². The van der Waals surface area contributed by atoms with Gasteiger partial charge in [0, 0.05) is 31.3 Å². The third kappa shape index (κ3) is 4.53. The highest BCUT2D eigenvalue weighted by molar-refractivity contribution is 5.10. The Balaban J connectivity index is 1.62. The van der Waals surface area contributed by atoms with Crippen molar-refractivity contribution >= 4 is 0 Å². The molecular formula is C20H32N2O6. The second-order valence-corrected chi connectivity index (χ2v) is 8.20. The maximum absolute atomic E-state index is 10.7. The van der Waals surface area contributed by atoms with Gasteiger partial charge in [-0.15, -0.1) is 0 Å². The maximum atomic E-state index is 10.7. The van der Waals surface area contributed by atoms with Gasteiger partial charge in [-0.25, -0.2) is 0 Å². The molecule has 1 aromatic heterocycles. The van der Waals surface area contributed by atoms with E-state index in [0.717, 1.165) is 25.7 Å². The highest BCUT2D eigenvalue weighted by atomic mass is 16.7. The van der Waals surface area contributed by atoms with Crippen molar-refractivity contribution in [1.82, 2.24) is 9.97 Å². The molecule has 0 bridgehead atoms. The number of hydrogen-bond donors (Lipinski definition) is 4. The van der Waals surface area contributed by atoms with E-state index < -0.39 is 30.0 Å². The summed E-state index contributed by atoms with van der Waals surface area (Å²) in [5.41, 5.74) is 0.569. The number of rotatable bonds is 7. The van der Waals surface area contributed by atoms with E-state index >= 15 is 0 Å². The molecule has 2 heterocycles. The summed E-state index contributed by atoms with van der Waals surface area (Å²) in [5.74, 6) is -1.21. The fraction of sp³-hybridized carbons (Fsp3) is 0.800. The quantitative estimate of drug-likeness (QED) is 0.543. The molecule has 6 atom stereocenters. The van der Waals surface area contributed by atoms with Gasteiger partial charge in [0.2, 0.25) is 0 Å². The summed E-state index contributed by atoms with van der Waals surface area (Å²) >= 11 is 0. The van der Waals surface area contributed by atoms with E-state index in [-0.39, 0.29) is 24.3 Å². The fourth-order valence-corrected chi connectivity index (χ4v) is 3.91. The number of ether oxygens (including phenoxy) is 2. The predicted molar refractivity (Wildman–Crippen MR) is 100 cm³/mol. The van der Waals surface area contributed by atoms with Crippen LogP contribution in [0.2, 0.25) is 0 Å². The zero-order valence-corrected chi connectivity index (χ0v) is 16.6. The van der Waals surface area contributed by atoms with Crippen LogP contribution in [0.25, 0.3) is 0 Å². The summed E-state index contributed by atoms with van der Waals surface area (Å²) in [6.07, 6.45) is 4.44. The smallest absolute Gasteiger partial charge is 0.168 e. The van der Waals surface area contributed by atoms with Crippen LogP contribution in [0.15, 0.2) is 12.4 Å². The van der Waals surface area contributed by atoms with Gasteiger partial charge in [0.15, 0.2) is 5.79 Å². The van der Waals surface area contributed by atoms with Crippen LogP contribution in [0.1, 0.15) is 69.5 Å². The molecule has 4 N–H and O–H groups in total. The molecule has 6 unspecified atom stereocenters. The zero-order chi connectivity index (χ0) is 20.3. The lowest BCUT2D eigenvalue weighted by Crippen LogP contribution is -2.35. The molecule has 8 nitrogen and oxygen atoms in total. The van der Waals surface area contributed by atoms with Crippen molar-refractivity contribution in [2.75, 3.05) is 13.2 Å². The van der Waals surface area contributed by atoms with Crippen molar-refractivity contribution in [3.63, 3.8) is 0 Å². The van der Waals surface area contributed by atoms with Crippen molar-refractivity contribution in [1.29, 1.82) is 0 Å². The van der Waals surface area contributed by atoms with E-state index in [1.54, 1.807) is 6.92 Å². The Morgan fingerprint density at radius 2 is 1.64 bits per heavy atom. The minimum Gasteiger partial charge on any atom is -0.396 e. The molecule has 28 heavy (non-hydrogen) atoms. The summed E-state index contributed by atoms with van der Waals surface area (Å²) in [6.45, 7) is 3.74. The molecule has 1 aromatic rings. The van der Waals surface area contributed by atoms with Crippen LogP contribution in [-0.4, -0.2) is 61.6 Å². The first-order valence-corrected chi connectivity index (χ1v) is 10.2. The fourth-order valence-electron chi connectivity index (χ4n) is 3.91. The van der Waals surface area contributed by atoms with Crippen molar-refractivity contribution in [2.45, 2.75) is 76.2 Å². The van der Waals surface area contributed by atoms with E-state index in [1.807, 2.05) is 6.92 Å². The molecule has 1 aliphatic heterocycles. The Kier molecular flexibility index (Phi) is 7.01. The van der Waals surface area contributed by atoms with Gasteiger partial charge in [0.1, 0.15) is 12.2 Å². The average molecular weight is 396 g/mol. The minimum atomic E-state index is -1.25. The van der Waals surface area contributed by atoms with Gasteiger partial charge in [0.25, 0.3) is 0 Å². The zero-order valence-electron chi connectivity index (χ0n) is 16.6. The van der Waals surface area contributed by atoms with Crippen LogP contribution < -0.4 is 0 Å². The van der Waals surface area contributed by atoms with Crippen molar-refractivity contribution in [2.24, 2.45) is 11.8 Å². The van der Waals surface area contributed by atoms with E-state index in [0.29, 0.717) is 12.3 Å². The average Bonchev–Trinajstić information content (AvgIpc) is 3.14. The van der Waals surface area contributed by atoms with Crippen LogP contribution in [0, 0.1) is 11.8 Å². The van der Waals surface area contributed by atoms with Gasteiger partial charge < -0.3 is 29.9 Å². The Hall–Kier alpha value is -1.16. The molecule has 2 aliphatic rings. The molecule has 0 radical (unpaired) electrons. The topological polar surface area (TPSA) is 125 Å². The summed E-state index contributed by atoms with van der Waals surface area (Å²) in [5, 5.41) is 40.0. The molecule has 0 aromatic carbocycles. The number of aliphatic hydroxyl groups excluding tert-OH is 4. The highest BCUT2D eigenvalue weighted by Gasteiger charge is 2.45. The Labute approximate surface area is 165 Å². The standard InChI is InChI=1S/C20H32N2O6/c1-12(10-23)17(24)19(26)15-9-21-14(8-22-15)18(25)13(2)16-11-27-20(28-16)6-4-3-5-7-20/h8-9,12-13,16-19,23-26H,3-7,10-11H2,1-2H3. The van der Waals surface area contributed by atoms with Crippen molar-refractivity contribution in [3.8, 4) is 0 Å². The van der Waals surface area contributed by atoms with Gasteiger partial charge in [-0.05, 0) is 12.8 Å². The lowest BCUT2D eigenvalue weighted by molar-refractivity contribution is -0.194. The predicted octanol–water partition coefficient (Wildman–Crippen LogP) is 1.24. The molecule has 1 aliphatic carbocycles. The number of aromatic nitrogens is 2. The monoisotopic (exact) mass is 396 g/mol. The Morgan fingerprint density at radius 3 is 2.21 bits per heavy atom. The SMILES string of the molecule is CC(CO)C(O)C(O)c1cnc(C(O)C(C)C2COC3(CCCCC3)O2)cn1. The maximum Gasteiger partial charge on any atom is 0.168 e. The van der Waals surface area contributed by atoms with E-state index in [2.05, 4.69) is 9.97 Å². The molecule has 8 heteroatoms. The molecule has 158 valence electrons. The number of aliphatic hydroxyl groups is 4. The van der Waals surface area contributed by atoms with Gasteiger partial charge in [-0.2, -0.15) is 0 Å². The second-order valence-electron chi connectivity index (χ2n) is 8.20. The van der Waals surface area contributed by atoms with E-state index in [4.69, 9.17) is 14.6 Å². The molecular weight excluding hydrogens is 364 g/mol. The van der Waals surface area contributed by atoms with Crippen molar-refractivity contribution < 1.29 is 29.9 Å².